The molecule has 0 aromatic rings. The highest BCUT2D eigenvalue weighted by molar-refractivity contribution is 6.62. The van der Waals surface area contributed by atoms with Gasteiger partial charge in [0.25, 0.3) is 5.97 Å². The quantitative estimate of drug-likeness (QED) is 0.389. The molecular weight excluding hydrogens is 332 g/mol. The van der Waals surface area contributed by atoms with E-state index in [9.17, 15) is 0 Å². The summed E-state index contributed by atoms with van der Waals surface area (Å²) in [6.07, 6.45) is 2.38. The first-order chi connectivity index (χ1) is 11.4. The largest absolute Gasteiger partial charge is 0.530 e. The van der Waals surface area contributed by atoms with Gasteiger partial charge in [-0.3, -0.25) is 4.74 Å². The van der Waals surface area contributed by atoms with Crippen LogP contribution in [0.3, 0.4) is 0 Å². The first-order valence-corrected chi connectivity index (χ1v) is 10.5. The molecule has 0 radical (unpaired) electrons. The van der Waals surface area contributed by atoms with E-state index in [0.717, 1.165) is 12.8 Å². The zero-order valence-electron chi connectivity index (χ0n) is 16.1. The second-order valence-corrected chi connectivity index (χ2v) is 8.94. The Morgan fingerprint density at radius 2 is 1.75 bits per heavy atom. The third kappa shape index (κ3) is 5.22. The molecular formula is C16H34O7Si. The lowest BCUT2D eigenvalue weighted by Crippen LogP contribution is -2.57. The first kappa shape index (κ1) is 22.0. The van der Waals surface area contributed by atoms with E-state index in [1.54, 1.807) is 21.3 Å². The fourth-order valence-electron chi connectivity index (χ4n) is 2.77. The Kier molecular flexibility index (Phi) is 9.32. The number of rotatable bonds is 12. The number of hydrogen-bond acceptors (Lipinski definition) is 7. The first-order valence-electron chi connectivity index (χ1n) is 8.75. The predicted molar refractivity (Wildman–Crippen MR) is 91.2 cm³/mol. The van der Waals surface area contributed by atoms with Crippen LogP contribution in [0.25, 0.3) is 0 Å². The van der Waals surface area contributed by atoms with Gasteiger partial charge in [-0.05, 0) is 19.8 Å². The molecule has 0 bridgehead atoms. The van der Waals surface area contributed by atoms with Gasteiger partial charge in [0.1, 0.15) is 5.73 Å². The van der Waals surface area contributed by atoms with Crippen molar-refractivity contribution < 1.29 is 32.2 Å². The normalized spacial score (nSPS) is 27.4. The van der Waals surface area contributed by atoms with Gasteiger partial charge >= 0.3 is 8.80 Å². The van der Waals surface area contributed by atoms with E-state index in [0.29, 0.717) is 19.4 Å². The highest BCUT2D eigenvalue weighted by Crippen LogP contribution is 2.32. The molecule has 1 aliphatic rings. The molecule has 0 spiro atoms. The lowest BCUT2D eigenvalue weighted by Gasteiger charge is -2.36. The molecule has 0 aromatic carbocycles. The Labute approximate surface area is 147 Å². The average Bonchev–Trinajstić information content (AvgIpc) is 2.97. The van der Waals surface area contributed by atoms with Crippen LogP contribution < -0.4 is 0 Å². The van der Waals surface area contributed by atoms with Crippen LogP contribution in [0.2, 0.25) is 0 Å². The van der Waals surface area contributed by atoms with Crippen LogP contribution in [-0.2, 0) is 32.2 Å². The van der Waals surface area contributed by atoms with Crippen LogP contribution in [-0.4, -0.2) is 60.8 Å². The number of hydrogen-bond donors (Lipinski definition) is 0. The van der Waals surface area contributed by atoms with E-state index in [2.05, 4.69) is 6.92 Å². The molecule has 4 unspecified atom stereocenters. The van der Waals surface area contributed by atoms with Crippen molar-refractivity contribution in [3.05, 3.63) is 0 Å². The van der Waals surface area contributed by atoms with Crippen molar-refractivity contribution in [2.75, 3.05) is 27.9 Å². The summed E-state index contributed by atoms with van der Waals surface area (Å²) in [5.41, 5.74) is -0.319. The van der Waals surface area contributed by atoms with Gasteiger partial charge in [0.15, 0.2) is 6.29 Å². The van der Waals surface area contributed by atoms with Crippen LogP contribution in [0.1, 0.15) is 53.4 Å². The summed E-state index contributed by atoms with van der Waals surface area (Å²) in [5.74, 6) is -1.05. The molecule has 0 amide bonds. The van der Waals surface area contributed by atoms with E-state index < -0.39 is 21.1 Å². The lowest BCUT2D eigenvalue weighted by molar-refractivity contribution is -0.389. The van der Waals surface area contributed by atoms with Crippen molar-refractivity contribution in [2.45, 2.75) is 77.5 Å². The van der Waals surface area contributed by atoms with E-state index in [4.69, 9.17) is 32.2 Å². The molecule has 1 aliphatic heterocycles. The summed E-state index contributed by atoms with van der Waals surface area (Å²) in [7, 11) is 1.83. The maximum Gasteiger partial charge on any atom is 0.530 e. The molecule has 1 fully saturated rings. The van der Waals surface area contributed by atoms with Crippen molar-refractivity contribution in [3.63, 3.8) is 0 Å². The maximum atomic E-state index is 6.21. The Morgan fingerprint density at radius 1 is 1.12 bits per heavy atom. The minimum absolute atomic E-state index is 0.000661. The molecule has 1 rings (SSSR count). The van der Waals surface area contributed by atoms with Crippen LogP contribution >= 0.6 is 0 Å². The molecule has 0 saturated carbocycles. The van der Waals surface area contributed by atoms with Crippen molar-refractivity contribution in [1.82, 2.24) is 0 Å². The van der Waals surface area contributed by atoms with Crippen molar-refractivity contribution in [3.8, 4) is 0 Å². The van der Waals surface area contributed by atoms with Gasteiger partial charge in [-0.1, -0.05) is 27.2 Å². The summed E-state index contributed by atoms with van der Waals surface area (Å²) < 4.78 is 40.6. The van der Waals surface area contributed by atoms with Crippen LogP contribution in [0, 0.1) is 0 Å². The molecule has 7 nitrogen and oxygen atoms in total. The van der Waals surface area contributed by atoms with E-state index in [-0.39, 0.29) is 11.8 Å². The third-order valence-corrected chi connectivity index (χ3v) is 7.03. The van der Waals surface area contributed by atoms with Crippen LogP contribution in [0.4, 0.5) is 0 Å². The van der Waals surface area contributed by atoms with Crippen molar-refractivity contribution in [2.24, 2.45) is 0 Å². The van der Waals surface area contributed by atoms with E-state index in [1.807, 2.05) is 20.8 Å². The molecule has 4 atom stereocenters. The molecule has 1 saturated heterocycles. The lowest BCUT2D eigenvalue weighted by atomic mass is 10.3. The maximum absolute atomic E-state index is 6.21. The molecule has 8 heteroatoms. The zero-order valence-corrected chi connectivity index (χ0v) is 17.1. The highest BCUT2D eigenvalue weighted by atomic mass is 28.4. The van der Waals surface area contributed by atoms with Crippen molar-refractivity contribution >= 4 is 8.80 Å². The van der Waals surface area contributed by atoms with Gasteiger partial charge in [-0.2, -0.15) is 0 Å². The molecule has 1 heterocycles. The summed E-state index contributed by atoms with van der Waals surface area (Å²) in [4.78, 5) is 0. The van der Waals surface area contributed by atoms with Gasteiger partial charge in [0, 0.05) is 27.8 Å². The molecule has 0 N–H and O–H groups in total. The van der Waals surface area contributed by atoms with Gasteiger partial charge < -0.3 is 27.5 Å². The summed E-state index contributed by atoms with van der Waals surface area (Å²) >= 11 is 0. The second kappa shape index (κ2) is 10.2. The van der Waals surface area contributed by atoms with Crippen molar-refractivity contribution in [1.29, 1.82) is 0 Å². The average molecular weight is 367 g/mol. The fraction of sp³-hybridized carbons (Fsp3) is 1.00. The smallest absolute Gasteiger partial charge is 0.375 e. The Hall–Kier alpha value is -0.0631. The Morgan fingerprint density at radius 3 is 2.12 bits per heavy atom. The standard InChI is InChI=1S/C16H34O7Si/c1-8-11-15(24(17-5,18-6)19-7)21-14(9-2)23-16(10-3)20-12-13(4)22-16/h13-15H,8-12H2,1-7H3. The predicted octanol–water partition coefficient (Wildman–Crippen LogP) is 2.84. The third-order valence-electron chi connectivity index (χ3n) is 4.11. The fourth-order valence-corrected chi connectivity index (χ4v) is 5.02. The number of ether oxygens (including phenoxy) is 4. The summed E-state index contributed by atoms with van der Waals surface area (Å²) in [6.45, 7) is 8.51. The zero-order chi connectivity index (χ0) is 18.2. The second-order valence-electron chi connectivity index (χ2n) is 5.86. The monoisotopic (exact) mass is 366 g/mol. The van der Waals surface area contributed by atoms with Crippen LogP contribution in [0.15, 0.2) is 0 Å². The van der Waals surface area contributed by atoms with Gasteiger partial charge in [0.05, 0.1) is 12.7 Å². The molecule has 144 valence electrons. The van der Waals surface area contributed by atoms with Gasteiger partial charge in [-0.15, -0.1) is 0 Å². The van der Waals surface area contributed by atoms with Gasteiger partial charge in [-0.25, -0.2) is 0 Å². The van der Waals surface area contributed by atoms with E-state index >= 15 is 0 Å². The highest BCUT2D eigenvalue weighted by Gasteiger charge is 2.50. The minimum Gasteiger partial charge on any atom is -0.375 e. The minimum atomic E-state index is -2.93. The SMILES string of the molecule is CCCC(OC(CC)OC1(CC)OCC(C)O1)[Si](OC)(OC)OC. The molecule has 0 aliphatic carbocycles. The summed E-state index contributed by atoms with van der Waals surface area (Å²) in [6, 6.07) is 0. The Bertz CT molecular complexity index is 345. The topological polar surface area (TPSA) is 64.6 Å². The van der Waals surface area contributed by atoms with Gasteiger partial charge in [0.2, 0.25) is 0 Å². The summed E-state index contributed by atoms with van der Waals surface area (Å²) in [5, 5.41) is 0. The molecule has 24 heavy (non-hydrogen) atoms. The van der Waals surface area contributed by atoms with Crippen LogP contribution in [0.5, 0.6) is 0 Å². The molecule has 0 aromatic heterocycles. The Balaban J connectivity index is 2.85. The van der Waals surface area contributed by atoms with E-state index in [1.165, 1.54) is 0 Å².